The molecule has 0 radical (unpaired) electrons. The van der Waals surface area contributed by atoms with Gasteiger partial charge < -0.3 is 9.84 Å². The highest BCUT2D eigenvalue weighted by Crippen LogP contribution is 2.25. The van der Waals surface area contributed by atoms with Gasteiger partial charge in [-0.05, 0) is 40.6 Å². The van der Waals surface area contributed by atoms with E-state index >= 15 is 0 Å². The number of hydrogen-bond acceptors (Lipinski definition) is 6. The fourth-order valence-electron chi connectivity index (χ4n) is 3.27. The quantitative estimate of drug-likeness (QED) is 0.243. The van der Waals surface area contributed by atoms with Gasteiger partial charge in [-0.15, -0.1) is 0 Å². The molecule has 0 unspecified atom stereocenters. The van der Waals surface area contributed by atoms with E-state index in [0.717, 1.165) is 10.8 Å². The smallest absolute Gasteiger partial charge is 0.275 e. The number of benzene rings is 4. The van der Waals surface area contributed by atoms with Crippen molar-refractivity contribution in [2.75, 3.05) is 0 Å². The molecule has 2 N–H and O–H groups in total. The standard InChI is InChI=1S/C25H19N3O5/c29-23-14-19-8-2-1-7-18(19)13-22(23)25(30)27-26-15-20-9-3-4-11-24(20)33-16-17-6-5-10-21(12-17)28(31)32/h1-15,29H,16H2,(H,27,30). The van der Waals surface area contributed by atoms with E-state index < -0.39 is 10.8 Å². The Morgan fingerprint density at radius 1 is 1.00 bits per heavy atom. The molecule has 8 nitrogen and oxygen atoms in total. The van der Waals surface area contributed by atoms with Crippen molar-refractivity contribution >= 4 is 28.6 Å². The van der Waals surface area contributed by atoms with Crippen LogP contribution in [0.25, 0.3) is 10.8 Å². The average Bonchev–Trinajstić information content (AvgIpc) is 2.83. The first kappa shape index (κ1) is 21.5. The van der Waals surface area contributed by atoms with E-state index in [0.29, 0.717) is 16.9 Å². The Bertz CT molecular complexity index is 1370. The van der Waals surface area contributed by atoms with Crippen molar-refractivity contribution in [3.63, 3.8) is 0 Å². The number of ether oxygens (including phenoxy) is 1. The Morgan fingerprint density at radius 3 is 2.52 bits per heavy atom. The van der Waals surface area contributed by atoms with E-state index in [9.17, 15) is 20.0 Å². The number of nitro benzene ring substituents is 1. The van der Waals surface area contributed by atoms with Crippen LogP contribution in [0.5, 0.6) is 11.5 Å². The zero-order chi connectivity index (χ0) is 23.2. The Hall–Kier alpha value is -4.72. The number of phenols is 1. The molecule has 0 aromatic heterocycles. The van der Waals surface area contributed by atoms with Gasteiger partial charge >= 0.3 is 0 Å². The summed E-state index contributed by atoms with van der Waals surface area (Å²) < 4.78 is 5.80. The fraction of sp³-hybridized carbons (Fsp3) is 0.0400. The van der Waals surface area contributed by atoms with Crippen molar-refractivity contribution in [1.29, 1.82) is 0 Å². The highest BCUT2D eigenvalue weighted by Gasteiger charge is 2.12. The molecule has 0 aliphatic carbocycles. The lowest BCUT2D eigenvalue weighted by molar-refractivity contribution is -0.384. The highest BCUT2D eigenvalue weighted by molar-refractivity contribution is 6.01. The van der Waals surface area contributed by atoms with Gasteiger partial charge in [-0.3, -0.25) is 14.9 Å². The molecule has 0 spiro atoms. The van der Waals surface area contributed by atoms with Gasteiger partial charge in [0.15, 0.2) is 0 Å². The molecule has 0 heterocycles. The number of amides is 1. The molecule has 4 aromatic carbocycles. The summed E-state index contributed by atoms with van der Waals surface area (Å²) in [7, 11) is 0. The third-order valence-corrected chi connectivity index (χ3v) is 4.91. The molecule has 164 valence electrons. The second kappa shape index (κ2) is 9.61. The zero-order valence-electron chi connectivity index (χ0n) is 17.3. The molecular weight excluding hydrogens is 422 g/mol. The highest BCUT2D eigenvalue weighted by atomic mass is 16.6. The molecule has 0 saturated carbocycles. The second-order valence-electron chi connectivity index (χ2n) is 7.17. The third kappa shape index (κ3) is 5.13. The lowest BCUT2D eigenvalue weighted by Crippen LogP contribution is -2.17. The van der Waals surface area contributed by atoms with Crippen molar-refractivity contribution in [3.8, 4) is 11.5 Å². The van der Waals surface area contributed by atoms with Crippen LogP contribution in [-0.2, 0) is 6.61 Å². The molecule has 8 heteroatoms. The number of carbonyl (C=O) groups excluding carboxylic acids is 1. The van der Waals surface area contributed by atoms with Crippen molar-refractivity contribution < 1.29 is 19.6 Å². The van der Waals surface area contributed by atoms with E-state index in [4.69, 9.17) is 4.74 Å². The number of phenolic OH excluding ortho intramolecular Hbond substituents is 1. The van der Waals surface area contributed by atoms with Gasteiger partial charge in [-0.25, -0.2) is 5.43 Å². The Labute approximate surface area is 188 Å². The number of non-ortho nitro benzene ring substituents is 1. The minimum absolute atomic E-state index is 0.00870. The van der Waals surface area contributed by atoms with Gasteiger partial charge in [0.2, 0.25) is 0 Å². The lowest BCUT2D eigenvalue weighted by atomic mass is 10.1. The van der Waals surface area contributed by atoms with E-state index in [-0.39, 0.29) is 23.6 Å². The molecule has 4 aromatic rings. The summed E-state index contributed by atoms with van der Waals surface area (Å²) in [6.07, 6.45) is 1.43. The van der Waals surface area contributed by atoms with Gasteiger partial charge in [0.1, 0.15) is 18.1 Å². The van der Waals surface area contributed by atoms with Crippen molar-refractivity contribution in [2.45, 2.75) is 6.61 Å². The predicted molar refractivity (Wildman–Crippen MR) is 125 cm³/mol. The minimum Gasteiger partial charge on any atom is -0.507 e. The molecule has 33 heavy (non-hydrogen) atoms. The van der Waals surface area contributed by atoms with Gasteiger partial charge in [-0.1, -0.05) is 48.5 Å². The maximum Gasteiger partial charge on any atom is 0.275 e. The van der Waals surface area contributed by atoms with Crippen LogP contribution in [0.2, 0.25) is 0 Å². The lowest BCUT2D eigenvalue weighted by Gasteiger charge is -2.09. The monoisotopic (exact) mass is 441 g/mol. The van der Waals surface area contributed by atoms with Crippen LogP contribution in [0.1, 0.15) is 21.5 Å². The van der Waals surface area contributed by atoms with Crippen LogP contribution in [0.4, 0.5) is 5.69 Å². The van der Waals surface area contributed by atoms with E-state index in [1.807, 2.05) is 24.3 Å². The molecule has 1 amide bonds. The Kier molecular flexibility index (Phi) is 6.26. The largest absolute Gasteiger partial charge is 0.507 e. The zero-order valence-corrected chi connectivity index (χ0v) is 17.3. The number of para-hydroxylation sites is 1. The first-order valence-electron chi connectivity index (χ1n) is 10.0. The summed E-state index contributed by atoms with van der Waals surface area (Å²) in [6, 6.07) is 23.8. The summed E-state index contributed by atoms with van der Waals surface area (Å²) >= 11 is 0. The average molecular weight is 441 g/mol. The molecule has 0 aliphatic rings. The van der Waals surface area contributed by atoms with Crippen molar-refractivity contribution in [3.05, 3.63) is 112 Å². The summed E-state index contributed by atoms with van der Waals surface area (Å²) in [5.74, 6) is -0.192. The molecular formula is C25H19N3O5. The number of rotatable bonds is 7. The van der Waals surface area contributed by atoms with Crippen LogP contribution in [0.15, 0.2) is 90.0 Å². The number of nitro groups is 1. The Balaban J connectivity index is 1.45. The molecule has 0 fully saturated rings. The number of aromatic hydroxyl groups is 1. The number of nitrogens with zero attached hydrogens (tertiary/aromatic N) is 2. The molecule has 0 atom stereocenters. The van der Waals surface area contributed by atoms with Crippen LogP contribution in [0.3, 0.4) is 0 Å². The third-order valence-electron chi connectivity index (χ3n) is 4.91. The van der Waals surface area contributed by atoms with Gasteiger partial charge in [0.05, 0.1) is 16.7 Å². The van der Waals surface area contributed by atoms with Crippen LogP contribution in [-0.4, -0.2) is 22.2 Å². The SMILES string of the molecule is O=C(NN=Cc1ccccc1OCc1cccc([N+](=O)[O-])c1)c1cc2ccccc2cc1O. The van der Waals surface area contributed by atoms with E-state index in [2.05, 4.69) is 10.5 Å². The van der Waals surface area contributed by atoms with Crippen LogP contribution in [0, 0.1) is 10.1 Å². The van der Waals surface area contributed by atoms with E-state index in [1.54, 1.807) is 42.5 Å². The number of hydrazone groups is 1. The van der Waals surface area contributed by atoms with Crippen LogP contribution < -0.4 is 10.2 Å². The summed E-state index contributed by atoms with van der Waals surface area (Å²) in [4.78, 5) is 23.0. The minimum atomic E-state index is -0.551. The summed E-state index contributed by atoms with van der Waals surface area (Å²) in [5, 5.41) is 26.8. The number of carbonyl (C=O) groups is 1. The Morgan fingerprint density at radius 2 is 1.73 bits per heavy atom. The van der Waals surface area contributed by atoms with Gasteiger partial charge in [0, 0.05) is 17.7 Å². The maximum atomic E-state index is 12.5. The predicted octanol–water partition coefficient (Wildman–Crippen LogP) is 4.80. The first-order chi connectivity index (χ1) is 16.0. The molecule has 4 rings (SSSR count). The normalized spacial score (nSPS) is 10.9. The van der Waals surface area contributed by atoms with Gasteiger partial charge in [0.25, 0.3) is 11.6 Å². The first-order valence-corrected chi connectivity index (χ1v) is 10.0. The van der Waals surface area contributed by atoms with Crippen molar-refractivity contribution in [2.24, 2.45) is 5.10 Å². The van der Waals surface area contributed by atoms with Crippen LogP contribution >= 0.6 is 0 Å². The molecule has 0 saturated heterocycles. The summed E-state index contributed by atoms with van der Waals surface area (Å²) in [6.45, 7) is 0.129. The second-order valence-corrected chi connectivity index (χ2v) is 7.17. The summed E-state index contributed by atoms with van der Waals surface area (Å²) in [5.41, 5.74) is 3.77. The fourth-order valence-corrected chi connectivity index (χ4v) is 3.27. The maximum absolute atomic E-state index is 12.5. The van der Waals surface area contributed by atoms with Crippen molar-refractivity contribution in [1.82, 2.24) is 5.43 Å². The molecule has 0 aliphatic heterocycles. The van der Waals surface area contributed by atoms with Gasteiger partial charge in [-0.2, -0.15) is 5.10 Å². The molecule has 0 bridgehead atoms. The topological polar surface area (TPSA) is 114 Å². The number of hydrogen-bond donors (Lipinski definition) is 2. The number of nitrogens with one attached hydrogen (secondary N) is 1. The number of fused-ring (bicyclic) bond motifs is 1. The van der Waals surface area contributed by atoms with E-state index in [1.165, 1.54) is 24.4 Å².